The van der Waals surface area contributed by atoms with Crippen LogP contribution in [0.3, 0.4) is 0 Å². The van der Waals surface area contributed by atoms with Crippen molar-refractivity contribution in [3.8, 4) is 6.07 Å². The summed E-state index contributed by atoms with van der Waals surface area (Å²) in [6.07, 6.45) is 0. The van der Waals surface area contributed by atoms with Gasteiger partial charge in [-0.15, -0.1) is 0 Å². The van der Waals surface area contributed by atoms with Crippen molar-refractivity contribution < 1.29 is 0 Å². The van der Waals surface area contributed by atoms with E-state index < -0.39 is 0 Å². The maximum Gasteiger partial charge on any atom is 0.229 e. The predicted octanol–water partition coefficient (Wildman–Crippen LogP) is 4.76. The molecule has 0 saturated heterocycles. The maximum absolute atomic E-state index is 8.87. The molecule has 0 saturated carbocycles. The molecule has 5 heteroatoms. The monoisotopic (exact) mass is 329 g/mol. The van der Waals surface area contributed by atoms with E-state index in [4.69, 9.17) is 5.26 Å². The summed E-state index contributed by atoms with van der Waals surface area (Å²) in [4.78, 5) is 8.97. The number of hydrogen-bond acceptors (Lipinski definition) is 5. The van der Waals surface area contributed by atoms with Crippen LogP contribution in [0.5, 0.6) is 0 Å². The first-order valence-corrected chi connectivity index (χ1v) is 8.00. The van der Waals surface area contributed by atoms with Crippen LogP contribution in [0.1, 0.15) is 22.4 Å². The van der Waals surface area contributed by atoms with Gasteiger partial charge in [-0.05, 0) is 68.3 Å². The van der Waals surface area contributed by atoms with Crippen LogP contribution in [-0.4, -0.2) is 9.97 Å². The van der Waals surface area contributed by atoms with Gasteiger partial charge in [-0.3, -0.25) is 0 Å². The molecular formula is C20H19N5. The van der Waals surface area contributed by atoms with Gasteiger partial charge in [0.2, 0.25) is 5.95 Å². The first kappa shape index (κ1) is 16.5. The van der Waals surface area contributed by atoms with Crippen molar-refractivity contribution in [1.29, 1.82) is 5.26 Å². The molecule has 2 aromatic carbocycles. The van der Waals surface area contributed by atoms with Crippen LogP contribution in [0, 0.1) is 32.1 Å². The summed E-state index contributed by atoms with van der Waals surface area (Å²) in [6, 6.07) is 17.4. The Bertz CT molecular complexity index is 939. The summed E-state index contributed by atoms with van der Waals surface area (Å²) in [7, 11) is 0. The van der Waals surface area contributed by atoms with Crippen molar-refractivity contribution >= 4 is 23.1 Å². The molecule has 0 radical (unpaired) electrons. The lowest BCUT2D eigenvalue weighted by Crippen LogP contribution is -2.02. The van der Waals surface area contributed by atoms with E-state index in [0.29, 0.717) is 17.3 Å². The van der Waals surface area contributed by atoms with E-state index in [0.717, 1.165) is 17.1 Å². The van der Waals surface area contributed by atoms with Gasteiger partial charge in [-0.2, -0.15) is 10.2 Å². The van der Waals surface area contributed by atoms with Crippen molar-refractivity contribution in [2.24, 2.45) is 0 Å². The minimum atomic E-state index is 0.541. The molecule has 0 fully saturated rings. The predicted molar refractivity (Wildman–Crippen MR) is 100 cm³/mol. The molecule has 0 unspecified atom stereocenters. The smallest absolute Gasteiger partial charge is 0.229 e. The molecular weight excluding hydrogens is 310 g/mol. The lowest BCUT2D eigenvalue weighted by atomic mass is 10.1. The van der Waals surface area contributed by atoms with Gasteiger partial charge in [-0.25, -0.2) is 4.98 Å². The minimum Gasteiger partial charge on any atom is -0.340 e. The highest BCUT2D eigenvalue weighted by molar-refractivity contribution is 5.61. The molecule has 3 rings (SSSR count). The highest BCUT2D eigenvalue weighted by atomic mass is 15.1. The summed E-state index contributed by atoms with van der Waals surface area (Å²) in [5.41, 5.74) is 5.78. The number of benzene rings is 2. The topological polar surface area (TPSA) is 73.6 Å². The molecule has 0 atom stereocenters. The number of aromatic nitrogens is 2. The molecule has 0 spiro atoms. The SMILES string of the molecule is Cc1cc(Nc2ccc(C#N)cc2)nc(Nc2ccc(C)c(C)c2)n1. The zero-order valence-corrected chi connectivity index (χ0v) is 14.5. The van der Waals surface area contributed by atoms with Crippen LogP contribution in [0.4, 0.5) is 23.1 Å². The number of nitrogens with one attached hydrogen (secondary N) is 2. The van der Waals surface area contributed by atoms with Crippen LogP contribution >= 0.6 is 0 Å². The van der Waals surface area contributed by atoms with Crippen LogP contribution < -0.4 is 10.6 Å². The molecule has 0 amide bonds. The molecule has 1 aromatic heterocycles. The van der Waals surface area contributed by atoms with Gasteiger partial charge in [0.15, 0.2) is 0 Å². The van der Waals surface area contributed by atoms with Gasteiger partial charge in [0.25, 0.3) is 0 Å². The van der Waals surface area contributed by atoms with E-state index in [1.807, 2.05) is 31.2 Å². The van der Waals surface area contributed by atoms with Crippen LogP contribution in [0.15, 0.2) is 48.5 Å². The maximum atomic E-state index is 8.87. The summed E-state index contributed by atoms with van der Waals surface area (Å²) in [5, 5.41) is 15.4. The molecule has 1 heterocycles. The summed E-state index contributed by atoms with van der Waals surface area (Å²) in [6.45, 7) is 6.09. The molecule has 2 N–H and O–H groups in total. The molecule has 0 aliphatic carbocycles. The Kier molecular flexibility index (Phi) is 4.62. The van der Waals surface area contributed by atoms with E-state index in [2.05, 4.69) is 52.7 Å². The van der Waals surface area contributed by atoms with E-state index >= 15 is 0 Å². The number of rotatable bonds is 4. The fraction of sp³-hybridized carbons (Fsp3) is 0.150. The number of hydrogen-bond donors (Lipinski definition) is 2. The quantitative estimate of drug-likeness (QED) is 0.722. The molecule has 0 bridgehead atoms. The standard InChI is InChI=1S/C20H19N5/c1-13-4-7-18(10-14(13)2)24-20-22-15(3)11-19(25-20)23-17-8-5-16(12-21)6-9-17/h4-11H,1-3H3,(H2,22,23,24,25). The normalized spacial score (nSPS) is 10.2. The van der Waals surface area contributed by atoms with E-state index in [1.54, 1.807) is 12.1 Å². The third-order valence-corrected chi connectivity index (χ3v) is 3.90. The first-order chi connectivity index (χ1) is 12.0. The third-order valence-electron chi connectivity index (χ3n) is 3.90. The molecule has 25 heavy (non-hydrogen) atoms. The Labute approximate surface area is 147 Å². The number of nitrogens with zero attached hydrogens (tertiary/aromatic N) is 3. The van der Waals surface area contributed by atoms with Crippen molar-refractivity contribution in [2.45, 2.75) is 20.8 Å². The van der Waals surface area contributed by atoms with Gasteiger partial charge in [0, 0.05) is 23.1 Å². The van der Waals surface area contributed by atoms with Crippen molar-refractivity contribution in [3.63, 3.8) is 0 Å². The second-order valence-corrected chi connectivity index (χ2v) is 5.96. The average molecular weight is 329 g/mol. The first-order valence-electron chi connectivity index (χ1n) is 8.00. The zero-order chi connectivity index (χ0) is 17.8. The average Bonchev–Trinajstić information content (AvgIpc) is 2.58. The molecule has 5 nitrogen and oxygen atoms in total. The van der Waals surface area contributed by atoms with Crippen molar-refractivity contribution in [1.82, 2.24) is 9.97 Å². The van der Waals surface area contributed by atoms with E-state index in [9.17, 15) is 0 Å². The van der Waals surface area contributed by atoms with Crippen LogP contribution in [-0.2, 0) is 0 Å². The Balaban J connectivity index is 1.82. The van der Waals surface area contributed by atoms with Crippen molar-refractivity contribution in [2.75, 3.05) is 10.6 Å². The highest BCUT2D eigenvalue weighted by Crippen LogP contribution is 2.21. The Hall–Kier alpha value is -3.39. The lowest BCUT2D eigenvalue weighted by Gasteiger charge is -2.11. The molecule has 0 aliphatic heterocycles. The Morgan fingerprint density at radius 2 is 1.52 bits per heavy atom. The van der Waals surface area contributed by atoms with Gasteiger partial charge >= 0.3 is 0 Å². The minimum absolute atomic E-state index is 0.541. The van der Waals surface area contributed by atoms with Crippen molar-refractivity contribution in [3.05, 3.63) is 70.9 Å². The second kappa shape index (κ2) is 7.02. The van der Waals surface area contributed by atoms with Gasteiger partial charge in [0.1, 0.15) is 5.82 Å². The summed E-state index contributed by atoms with van der Waals surface area (Å²) < 4.78 is 0. The lowest BCUT2D eigenvalue weighted by molar-refractivity contribution is 1.11. The number of anilines is 4. The van der Waals surface area contributed by atoms with Crippen LogP contribution in [0.25, 0.3) is 0 Å². The molecule has 3 aromatic rings. The van der Waals surface area contributed by atoms with Gasteiger partial charge < -0.3 is 10.6 Å². The third kappa shape index (κ3) is 4.12. The zero-order valence-electron chi connectivity index (χ0n) is 14.5. The Morgan fingerprint density at radius 3 is 2.20 bits per heavy atom. The fourth-order valence-electron chi connectivity index (χ4n) is 2.41. The van der Waals surface area contributed by atoms with E-state index in [-0.39, 0.29) is 0 Å². The summed E-state index contributed by atoms with van der Waals surface area (Å²) >= 11 is 0. The molecule has 0 aliphatic rings. The summed E-state index contributed by atoms with van der Waals surface area (Å²) in [5.74, 6) is 1.24. The Morgan fingerprint density at radius 1 is 0.800 bits per heavy atom. The largest absolute Gasteiger partial charge is 0.340 e. The second-order valence-electron chi connectivity index (χ2n) is 5.96. The van der Waals surface area contributed by atoms with E-state index in [1.165, 1.54) is 11.1 Å². The van der Waals surface area contributed by atoms with Gasteiger partial charge in [-0.1, -0.05) is 6.07 Å². The highest BCUT2D eigenvalue weighted by Gasteiger charge is 2.05. The van der Waals surface area contributed by atoms with Crippen LogP contribution in [0.2, 0.25) is 0 Å². The number of nitriles is 1. The fourth-order valence-corrected chi connectivity index (χ4v) is 2.41. The van der Waals surface area contributed by atoms with Gasteiger partial charge in [0.05, 0.1) is 11.6 Å². The number of aryl methyl sites for hydroxylation is 3. The molecule has 124 valence electrons.